The van der Waals surface area contributed by atoms with Crippen LogP contribution in [0, 0.1) is 27.8 Å². The quantitative estimate of drug-likeness (QED) is 0.418. The molecule has 174 valence electrons. The van der Waals surface area contributed by atoms with Crippen molar-refractivity contribution in [2.24, 2.45) is 11.8 Å². The Morgan fingerprint density at radius 2 is 1.97 bits per heavy atom. The summed E-state index contributed by atoms with van der Waals surface area (Å²) in [5.41, 5.74) is -0.897. The number of rotatable bonds is 3. The number of imide groups is 1. The number of fused-ring (bicyclic) bond motifs is 7. The molecule has 11 heteroatoms. The predicted octanol–water partition coefficient (Wildman–Crippen LogP) is 2.17. The lowest BCUT2D eigenvalue weighted by atomic mass is 9.75. The second kappa shape index (κ2) is 6.83. The van der Waals surface area contributed by atoms with E-state index in [0.717, 1.165) is 17.4 Å². The van der Waals surface area contributed by atoms with Crippen LogP contribution >= 0.6 is 0 Å². The maximum atomic E-state index is 14.3. The van der Waals surface area contributed by atoms with Gasteiger partial charge in [0.25, 0.3) is 5.69 Å². The maximum absolute atomic E-state index is 14.3. The monoisotopic (exact) mass is 466 g/mol. The van der Waals surface area contributed by atoms with Crippen molar-refractivity contribution in [2.75, 3.05) is 23.9 Å². The highest BCUT2D eigenvalue weighted by Gasteiger charge is 2.74. The number of anilines is 2. The average molecular weight is 466 g/mol. The van der Waals surface area contributed by atoms with Gasteiger partial charge in [-0.25, -0.2) is 9.29 Å². The van der Waals surface area contributed by atoms with Crippen molar-refractivity contribution in [1.29, 1.82) is 0 Å². The predicted molar refractivity (Wildman–Crippen MR) is 116 cm³/mol. The molecule has 0 saturated carbocycles. The Labute approximate surface area is 192 Å². The number of carbonyl (C=O) groups is 3. The number of hydrogen-bond acceptors (Lipinski definition) is 7. The number of nitrogens with zero attached hydrogens (tertiary/aromatic N) is 3. The van der Waals surface area contributed by atoms with Crippen LogP contribution in [0.4, 0.5) is 21.5 Å². The number of nitro benzene ring substituents is 1. The molecule has 4 atom stereocenters. The summed E-state index contributed by atoms with van der Waals surface area (Å²) in [5, 5.41) is 14.0. The van der Waals surface area contributed by atoms with E-state index in [1.165, 1.54) is 37.4 Å². The van der Waals surface area contributed by atoms with Gasteiger partial charge in [-0.15, -0.1) is 0 Å². The molecule has 6 rings (SSSR count). The number of ether oxygens (including phenoxy) is 1. The molecule has 3 amide bonds. The minimum atomic E-state index is -1.50. The fourth-order valence-corrected chi connectivity index (χ4v) is 6.38. The number of halogens is 1. The van der Waals surface area contributed by atoms with Gasteiger partial charge < -0.3 is 10.1 Å². The van der Waals surface area contributed by atoms with Gasteiger partial charge in [0.2, 0.25) is 17.7 Å². The van der Waals surface area contributed by atoms with Crippen LogP contribution in [0.3, 0.4) is 0 Å². The van der Waals surface area contributed by atoms with Crippen LogP contribution in [0.2, 0.25) is 0 Å². The smallest absolute Gasteiger partial charge is 0.273 e. The number of carbonyl (C=O) groups excluding carboxylic acids is 3. The third-order valence-electron chi connectivity index (χ3n) is 7.57. The zero-order chi connectivity index (χ0) is 23.9. The Hall–Kier alpha value is -3.86. The maximum Gasteiger partial charge on any atom is 0.273 e. The Morgan fingerprint density at radius 3 is 2.71 bits per heavy atom. The van der Waals surface area contributed by atoms with Crippen LogP contribution < -0.4 is 15.0 Å². The summed E-state index contributed by atoms with van der Waals surface area (Å²) in [6.07, 6.45) is 1.35. The number of nitrogens with one attached hydrogen (secondary N) is 1. The van der Waals surface area contributed by atoms with Crippen molar-refractivity contribution >= 4 is 34.8 Å². The third-order valence-corrected chi connectivity index (χ3v) is 7.57. The first-order valence-corrected chi connectivity index (χ1v) is 10.9. The molecule has 4 heterocycles. The standard InChI is InChI=1S/C23H19FN4O6/c1-34-17-10-12(28(32)33)5-7-15(17)27-20(29)18-16-3-2-8-26(16)23(19(18)21(27)30)13-9-11(24)4-6-14(13)25-22(23)31/h4-7,9-10,16,18-19H,2-3,8H2,1H3,(H,25,31)/t16-,18+,19-,23-/m0/s1. The van der Waals surface area contributed by atoms with E-state index in [1.807, 2.05) is 4.90 Å². The summed E-state index contributed by atoms with van der Waals surface area (Å²) in [6, 6.07) is 7.24. The van der Waals surface area contributed by atoms with Crippen molar-refractivity contribution in [1.82, 2.24) is 4.90 Å². The van der Waals surface area contributed by atoms with Gasteiger partial charge in [0, 0.05) is 23.4 Å². The van der Waals surface area contributed by atoms with E-state index in [2.05, 4.69) is 5.32 Å². The summed E-state index contributed by atoms with van der Waals surface area (Å²) in [7, 11) is 1.29. The summed E-state index contributed by atoms with van der Waals surface area (Å²) in [5.74, 6) is -3.97. The lowest BCUT2D eigenvalue weighted by Gasteiger charge is -2.36. The van der Waals surface area contributed by atoms with E-state index >= 15 is 0 Å². The van der Waals surface area contributed by atoms with Gasteiger partial charge in [-0.05, 0) is 43.7 Å². The molecule has 10 nitrogen and oxygen atoms in total. The molecule has 3 fully saturated rings. The third kappa shape index (κ3) is 2.34. The molecule has 2 aromatic carbocycles. The van der Waals surface area contributed by atoms with Crippen LogP contribution in [0.15, 0.2) is 36.4 Å². The van der Waals surface area contributed by atoms with Crippen molar-refractivity contribution in [3.63, 3.8) is 0 Å². The molecule has 0 unspecified atom stereocenters. The second-order valence-corrected chi connectivity index (χ2v) is 8.94. The molecule has 34 heavy (non-hydrogen) atoms. The van der Waals surface area contributed by atoms with E-state index < -0.39 is 45.8 Å². The minimum Gasteiger partial charge on any atom is -0.494 e. The second-order valence-electron chi connectivity index (χ2n) is 8.94. The summed E-state index contributed by atoms with van der Waals surface area (Å²) < 4.78 is 19.6. The van der Waals surface area contributed by atoms with Crippen molar-refractivity contribution < 1.29 is 28.4 Å². The van der Waals surface area contributed by atoms with Gasteiger partial charge in [-0.1, -0.05) is 0 Å². The number of methoxy groups -OCH3 is 1. The summed E-state index contributed by atoms with van der Waals surface area (Å²) >= 11 is 0. The number of non-ortho nitro benzene ring substituents is 1. The fourth-order valence-electron chi connectivity index (χ4n) is 6.38. The van der Waals surface area contributed by atoms with E-state index in [9.17, 15) is 28.9 Å². The molecule has 0 radical (unpaired) electrons. The normalized spacial score (nSPS) is 29.4. The van der Waals surface area contributed by atoms with Crippen molar-refractivity contribution in [3.05, 3.63) is 57.9 Å². The number of amides is 3. The Bertz CT molecular complexity index is 1310. The number of nitro groups is 1. The number of benzene rings is 2. The topological polar surface area (TPSA) is 122 Å². The molecule has 4 aliphatic heterocycles. The van der Waals surface area contributed by atoms with E-state index in [4.69, 9.17) is 4.74 Å². The van der Waals surface area contributed by atoms with Crippen LogP contribution in [-0.4, -0.2) is 47.2 Å². The SMILES string of the molecule is COc1cc([N+](=O)[O-])ccc1N1C(=O)[C@H]2[C@@H](C1=O)[C@@]1(C(=O)Nc3ccc(F)cc31)N1CCC[C@@H]21. The average Bonchev–Trinajstić information content (AvgIpc) is 3.52. The van der Waals surface area contributed by atoms with E-state index in [1.54, 1.807) is 0 Å². The van der Waals surface area contributed by atoms with Crippen LogP contribution in [0.5, 0.6) is 5.75 Å². The largest absolute Gasteiger partial charge is 0.494 e. The molecule has 0 bridgehead atoms. The Balaban J connectivity index is 1.53. The van der Waals surface area contributed by atoms with Gasteiger partial charge in [0.1, 0.15) is 17.1 Å². The van der Waals surface area contributed by atoms with Crippen LogP contribution in [0.1, 0.15) is 18.4 Å². The van der Waals surface area contributed by atoms with Gasteiger partial charge in [-0.2, -0.15) is 0 Å². The molecule has 0 aromatic heterocycles. The lowest BCUT2D eigenvalue weighted by molar-refractivity contribution is -0.384. The van der Waals surface area contributed by atoms with E-state index in [-0.39, 0.29) is 23.2 Å². The van der Waals surface area contributed by atoms with Gasteiger partial charge in [0.15, 0.2) is 0 Å². The Morgan fingerprint density at radius 1 is 1.18 bits per heavy atom. The van der Waals surface area contributed by atoms with Gasteiger partial charge in [-0.3, -0.25) is 29.4 Å². The lowest BCUT2D eigenvalue weighted by Crippen LogP contribution is -2.54. The molecular weight excluding hydrogens is 447 g/mol. The minimum absolute atomic E-state index is 0.00415. The molecule has 0 aliphatic carbocycles. The van der Waals surface area contributed by atoms with Crippen molar-refractivity contribution in [3.8, 4) is 5.75 Å². The molecular formula is C23H19FN4O6. The van der Waals surface area contributed by atoms with E-state index in [0.29, 0.717) is 24.2 Å². The first-order valence-electron chi connectivity index (χ1n) is 10.9. The molecule has 1 N–H and O–H groups in total. The first kappa shape index (κ1) is 20.7. The fraction of sp³-hybridized carbons (Fsp3) is 0.348. The van der Waals surface area contributed by atoms with Crippen LogP contribution in [-0.2, 0) is 19.9 Å². The zero-order valence-corrected chi connectivity index (χ0v) is 18.0. The highest BCUT2D eigenvalue weighted by Crippen LogP contribution is 2.61. The highest BCUT2D eigenvalue weighted by molar-refractivity contribution is 6.26. The summed E-state index contributed by atoms with van der Waals surface area (Å²) in [4.78, 5) is 54.7. The molecule has 1 spiro atoms. The van der Waals surface area contributed by atoms with Gasteiger partial charge >= 0.3 is 0 Å². The van der Waals surface area contributed by atoms with Crippen molar-refractivity contribution in [2.45, 2.75) is 24.4 Å². The highest BCUT2D eigenvalue weighted by atomic mass is 19.1. The van der Waals surface area contributed by atoms with Gasteiger partial charge in [0.05, 0.1) is 35.6 Å². The molecule has 3 saturated heterocycles. The first-order chi connectivity index (χ1) is 16.3. The molecule has 4 aliphatic rings. The Kier molecular flexibility index (Phi) is 4.16. The van der Waals surface area contributed by atoms with Crippen LogP contribution in [0.25, 0.3) is 0 Å². The summed E-state index contributed by atoms with van der Waals surface area (Å²) in [6.45, 7) is 0.502. The zero-order valence-electron chi connectivity index (χ0n) is 18.0. The number of hydrogen-bond donors (Lipinski definition) is 1. The molecule has 2 aromatic rings.